The van der Waals surface area contributed by atoms with Crippen molar-refractivity contribution in [3.05, 3.63) is 65.5 Å². The maximum absolute atomic E-state index is 12.6. The van der Waals surface area contributed by atoms with Crippen molar-refractivity contribution in [3.8, 4) is 17.2 Å². The molecule has 0 radical (unpaired) electrons. The minimum absolute atomic E-state index is 0.259. The average molecular weight is 394 g/mol. The smallest absolute Gasteiger partial charge is 0.343 e. The number of carbonyl (C=O) groups excluding carboxylic acids is 2. The molecule has 1 heterocycles. The van der Waals surface area contributed by atoms with Crippen LogP contribution in [0.1, 0.15) is 21.5 Å². The first-order chi connectivity index (χ1) is 14.0. The van der Waals surface area contributed by atoms with Gasteiger partial charge in [0, 0.05) is 6.08 Å². The summed E-state index contributed by atoms with van der Waals surface area (Å²) in [6.07, 6.45) is 4.33. The largest absolute Gasteiger partial charge is 0.493 e. The van der Waals surface area contributed by atoms with Crippen LogP contribution in [-0.4, -0.2) is 46.4 Å². The summed E-state index contributed by atoms with van der Waals surface area (Å²) in [6.45, 7) is 1.84. The van der Waals surface area contributed by atoms with Crippen LogP contribution in [0.3, 0.4) is 0 Å². The lowest BCUT2D eigenvalue weighted by Crippen LogP contribution is -2.10. The Balaban J connectivity index is 1.79. The Morgan fingerprint density at radius 1 is 1.07 bits per heavy atom. The minimum atomic E-state index is -0.535. The number of aryl methyl sites for hydroxylation is 1. The number of ether oxygens (including phenoxy) is 3. The Morgan fingerprint density at radius 2 is 1.90 bits per heavy atom. The van der Waals surface area contributed by atoms with Gasteiger partial charge in [-0.1, -0.05) is 6.07 Å². The maximum atomic E-state index is 12.6. The third-order valence-electron chi connectivity index (χ3n) is 4.03. The molecule has 0 atom stereocenters. The summed E-state index contributed by atoms with van der Waals surface area (Å²) in [5, 5.41) is 11.0. The van der Waals surface area contributed by atoms with Crippen molar-refractivity contribution in [2.24, 2.45) is 0 Å². The summed E-state index contributed by atoms with van der Waals surface area (Å²) in [5.41, 5.74) is 2.62. The van der Waals surface area contributed by atoms with E-state index < -0.39 is 11.9 Å². The van der Waals surface area contributed by atoms with E-state index in [0.29, 0.717) is 16.9 Å². The quantitative estimate of drug-likeness (QED) is 0.356. The van der Waals surface area contributed by atoms with E-state index in [2.05, 4.69) is 20.3 Å². The van der Waals surface area contributed by atoms with E-state index in [4.69, 9.17) is 9.47 Å². The Morgan fingerprint density at radius 3 is 2.55 bits per heavy atom. The van der Waals surface area contributed by atoms with Crippen LogP contribution in [-0.2, 0) is 9.53 Å². The first-order valence-electron chi connectivity index (χ1n) is 8.52. The van der Waals surface area contributed by atoms with E-state index >= 15 is 0 Å². The van der Waals surface area contributed by atoms with Crippen LogP contribution in [0, 0.1) is 6.92 Å². The molecule has 2 aromatic carbocycles. The molecule has 0 saturated carbocycles. The van der Waals surface area contributed by atoms with Crippen LogP contribution in [0.15, 0.2) is 48.8 Å². The van der Waals surface area contributed by atoms with Crippen LogP contribution in [0.4, 0.5) is 0 Å². The summed E-state index contributed by atoms with van der Waals surface area (Å²) in [4.78, 5) is 23.8. The molecule has 3 rings (SSSR count). The van der Waals surface area contributed by atoms with Crippen LogP contribution in [0.25, 0.3) is 11.8 Å². The van der Waals surface area contributed by atoms with E-state index in [0.717, 1.165) is 11.3 Å². The van der Waals surface area contributed by atoms with E-state index in [9.17, 15) is 9.59 Å². The molecule has 0 unspecified atom stereocenters. The van der Waals surface area contributed by atoms with Gasteiger partial charge >= 0.3 is 11.9 Å². The predicted molar refractivity (Wildman–Crippen MR) is 103 cm³/mol. The Kier molecular flexibility index (Phi) is 5.98. The van der Waals surface area contributed by atoms with Gasteiger partial charge in [0.25, 0.3) is 0 Å². The topological polar surface area (TPSA) is 105 Å². The van der Waals surface area contributed by atoms with Crippen molar-refractivity contribution >= 4 is 18.0 Å². The van der Waals surface area contributed by atoms with E-state index in [-0.39, 0.29) is 5.75 Å². The second-order valence-electron chi connectivity index (χ2n) is 5.91. The number of carbonyl (C=O) groups is 2. The molecule has 148 valence electrons. The summed E-state index contributed by atoms with van der Waals surface area (Å²) in [5.74, 6) is -0.394. The molecule has 1 aromatic heterocycles. The zero-order valence-corrected chi connectivity index (χ0v) is 16.0. The van der Waals surface area contributed by atoms with Crippen molar-refractivity contribution in [1.29, 1.82) is 0 Å². The summed E-state index contributed by atoms with van der Waals surface area (Å²) in [7, 11) is 2.76. The number of nitrogens with zero attached hydrogens (tertiary/aromatic N) is 4. The molecule has 0 amide bonds. The van der Waals surface area contributed by atoms with Crippen molar-refractivity contribution in [1.82, 2.24) is 20.2 Å². The van der Waals surface area contributed by atoms with Crippen LogP contribution in [0.2, 0.25) is 0 Å². The lowest BCUT2D eigenvalue weighted by Gasteiger charge is -2.11. The highest BCUT2D eigenvalue weighted by Gasteiger charge is 2.14. The Bertz CT molecular complexity index is 1060. The van der Waals surface area contributed by atoms with Gasteiger partial charge in [-0.05, 0) is 64.9 Å². The number of esters is 2. The number of hydrogen-bond donors (Lipinski definition) is 0. The molecule has 0 aliphatic carbocycles. The fraction of sp³-hybridized carbons (Fsp3) is 0.150. The standard InChI is InChI=1S/C20H18N4O5/c1-13-10-15(6-7-16(13)24-12-21-22-23-24)20(26)29-17-8-4-14(11-18(17)27-2)5-9-19(25)28-3/h4-12H,1-3H3/b9-5+. The molecular weight excluding hydrogens is 376 g/mol. The van der Waals surface area contributed by atoms with Gasteiger partial charge in [0.15, 0.2) is 11.5 Å². The molecule has 0 fully saturated rings. The van der Waals surface area contributed by atoms with E-state index in [1.807, 2.05) is 6.92 Å². The SMILES string of the molecule is COC(=O)/C=C/c1ccc(OC(=O)c2ccc(-n3cnnn3)c(C)c2)c(OC)c1. The normalized spacial score (nSPS) is 10.7. The molecule has 0 N–H and O–H groups in total. The molecule has 9 heteroatoms. The molecule has 29 heavy (non-hydrogen) atoms. The molecule has 0 spiro atoms. The van der Waals surface area contributed by atoms with Gasteiger partial charge in [0.05, 0.1) is 25.5 Å². The highest BCUT2D eigenvalue weighted by molar-refractivity contribution is 5.92. The Hall–Kier alpha value is -4.01. The number of benzene rings is 2. The zero-order chi connectivity index (χ0) is 20.8. The first kappa shape index (κ1) is 19.7. The minimum Gasteiger partial charge on any atom is -0.493 e. The fourth-order valence-corrected chi connectivity index (χ4v) is 2.57. The van der Waals surface area contributed by atoms with Gasteiger partial charge in [-0.2, -0.15) is 0 Å². The van der Waals surface area contributed by atoms with Gasteiger partial charge < -0.3 is 14.2 Å². The van der Waals surface area contributed by atoms with Crippen molar-refractivity contribution in [3.63, 3.8) is 0 Å². The Labute approximate surface area is 166 Å². The van der Waals surface area contributed by atoms with Crippen LogP contribution < -0.4 is 9.47 Å². The summed E-state index contributed by atoms with van der Waals surface area (Å²) < 4.78 is 16.8. The molecular formula is C20H18N4O5. The van der Waals surface area contributed by atoms with Gasteiger partial charge in [-0.3, -0.25) is 0 Å². The number of rotatable bonds is 6. The molecule has 0 aliphatic rings. The van der Waals surface area contributed by atoms with Crippen LogP contribution in [0.5, 0.6) is 11.5 Å². The highest BCUT2D eigenvalue weighted by atomic mass is 16.6. The van der Waals surface area contributed by atoms with E-state index in [1.54, 1.807) is 42.5 Å². The first-order valence-corrected chi connectivity index (χ1v) is 8.52. The van der Waals surface area contributed by atoms with E-state index in [1.165, 1.54) is 31.3 Å². The lowest BCUT2D eigenvalue weighted by atomic mass is 10.1. The van der Waals surface area contributed by atoms with Crippen molar-refractivity contribution < 1.29 is 23.8 Å². The summed E-state index contributed by atoms with van der Waals surface area (Å²) >= 11 is 0. The van der Waals surface area contributed by atoms with Gasteiger partial charge in [0.1, 0.15) is 6.33 Å². The average Bonchev–Trinajstić information content (AvgIpc) is 3.27. The molecule has 0 bridgehead atoms. The summed E-state index contributed by atoms with van der Waals surface area (Å²) in [6, 6.07) is 9.99. The van der Waals surface area contributed by atoms with Gasteiger partial charge in [-0.25, -0.2) is 14.3 Å². The molecule has 3 aromatic rings. The number of tetrazole rings is 1. The zero-order valence-electron chi connectivity index (χ0n) is 16.0. The van der Waals surface area contributed by atoms with Gasteiger partial charge in [0.2, 0.25) is 0 Å². The van der Waals surface area contributed by atoms with Crippen LogP contribution >= 0.6 is 0 Å². The predicted octanol–water partition coefficient (Wildman–Crippen LogP) is 2.38. The lowest BCUT2D eigenvalue weighted by molar-refractivity contribution is -0.134. The van der Waals surface area contributed by atoms with Crippen molar-refractivity contribution in [2.45, 2.75) is 6.92 Å². The monoisotopic (exact) mass is 394 g/mol. The second kappa shape index (κ2) is 8.79. The maximum Gasteiger partial charge on any atom is 0.343 e. The molecule has 0 saturated heterocycles. The second-order valence-corrected chi connectivity index (χ2v) is 5.91. The third kappa shape index (κ3) is 4.64. The number of aromatic nitrogens is 4. The third-order valence-corrected chi connectivity index (χ3v) is 4.03. The number of methoxy groups -OCH3 is 2. The van der Waals surface area contributed by atoms with Crippen molar-refractivity contribution in [2.75, 3.05) is 14.2 Å². The highest BCUT2D eigenvalue weighted by Crippen LogP contribution is 2.29. The molecule has 9 nitrogen and oxygen atoms in total. The fourth-order valence-electron chi connectivity index (χ4n) is 2.57. The van der Waals surface area contributed by atoms with Gasteiger partial charge in [-0.15, -0.1) is 5.10 Å². The molecule has 0 aliphatic heterocycles. The number of hydrogen-bond acceptors (Lipinski definition) is 8.